The molecule has 2 aromatic heterocycles. The molecule has 1 aliphatic carbocycles. The molecule has 4 rings (SSSR count). The fourth-order valence-electron chi connectivity index (χ4n) is 3.34. The third kappa shape index (κ3) is 3.71. The quantitative estimate of drug-likeness (QED) is 0.511. The van der Waals surface area contributed by atoms with E-state index in [1.54, 1.807) is 21.8 Å². The van der Waals surface area contributed by atoms with E-state index < -0.39 is 5.97 Å². The van der Waals surface area contributed by atoms with Crippen LogP contribution >= 0.6 is 11.3 Å². The summed E-state index contributed by atoms with van der Waals surface area (Å²) in [4.78, 5) is 31.0. The molecule has 2 heterocycles. The van der Waals surface area contributed by atoms with E-state index in [-0.39, 0.29) is 12.2 Å². The molecule has 1 aliphatic rings. The van der Waals surface area contributed by atoms with Gasteiger partial charge in [-0.05, 0) is 49.8 Å². The third-order valence-electron chi connectivity index (χ3n) is 4.76. The van der Waals surface area contributed by atoms with Crippen molar-refractivity contribution in [2.24, 2.45) is 0 Å². The van der Waals surface area contributed by atoms with E-state index in [4.69, 9.17) is 4.74 Å². The Kier molecular flexibility index (Phi) is 4.90. The first-order valence-corrected chi connectivity index (χ1v) is 9.87. The summed E-state index contributed by atoms with van der Waals surface area (Å²) in [5.41, 5.74) is 3.54. The number of rotatable bonds is 4. The standard InChI is InChI=1S/C21H20N2O3S/c1-14-6-2-3-7-15(14)10-11-20(25)26-13-16-12-19(24)23-17-8-4-5-9-18(17)27-21(23)22-16/h2-3,6-7,10-12H,4-5,8-9,13H2,1H3/b11-10+. The average Bonchev–Trinajstić information content (AvgIpc) is 3.04. The highest BCUT2D eigenvalue weighted by Crippen LogP contribution is 2.28. The molecular formula is C21H20N2O3S. The first kappa shape index (κ1) is 17.7. The van der Waals surface area contributed by atoms with Crippen molar-refractivity contribution in [2.45, 2.75) is 39.2 Å². The van der Waals surface area contributed by atoms with Crippen LogP contribution < -0.4 is 5.56 Å². The Bertz CT molecular complexity index is 1090. The monoisotopic (exact) mass is 380 g/mol. The van der Waals surface area contributed by atoms with E-state index in [1.807, 2.05) is 31.2 Å². The summed E-state index contributed by atoms with van der Waals surface area (Å²) in [5.74, 6) is -0.453. The van der Waals surface area contributed by atoms with Crippen molar-refractivity contribution in [3.05, 3.63) is 74.2 Å². The zero-order valence-corrected chi connectivity index (χ0v) is 15.9. The molecule has 0 radical (unpaired) electrons. The predicted molar refractivity (Wildman–Crippen MR) is 106 cm³/mol. The molecule has 0 aliphatic heterocycles. The van der Waals surface area contributed by atoms with Gasteiger partial charge < -0.3 is 4.74 Å². The Hall–Kier alpha value is -2.73. The van der Waals surface area contributed by atoms with Crippen LogP contribution in [0.4, 0.5) is 0 Å². The summed E-state index contributed by atoms with van der Waals surface area (Å²) < 4.78 is 6.97. The largest absolute Gasteiger partial charge is 0.456 e. The van der Waals surface area contributed by atoms with Gasteiger partial charge in [-0.25, -0.2) is 9.78 Å². The molecule has 0 saturated carbocycles. The van der Waals surface area contributed by atoms with Crippen molar-refractivity contribution in [3.63, 3.8) is 0 Å². The number of benzene rings is 1. The first-order chi connectivity index (χ1) is 13.1. The van der Waals surface area contributed by atoms with Crippen LogP contribution in [0.3, 0.4) is 0 Å². The van der Waals surface area contributed by atoms with Gasteiger partial charge in [0.15, 0.2) is 4.96 Å². The molecule has 0 saturated heterocycles. The zero-order valence-electron chi connectivity index (χ0n) is 15.1. The highest BCUT2D eigenvalue weighted by Gasteiger charge is 2.18. The van der Waals surface area contributed by atoms with Gasteiger partial charge in [0.1, 0.15) is 6.61 Å². The minimum absolute atomic E-state index is 0.00868. The number of aryl methyl sites for hydroxylation is 3. The van der Waals surface area contributed by atoms with Crippen LogP contribution in [0, 0.1) is 6.92 Å². The molecule has 0 spiro atoms. The number of ether oxygens (including phenoxy) is 1. The van der Waals surface area contributed by atoms with E-state index in [2.05, 4.69) is 4.98 Å². The number of carbonyl (C=O) groups excluding carboxylic acids is 1. The topological polar surface area (TPSA) is 60.7 Å². The summed E-state index contributed by atoms with van der Waals surface area (Å²) in [5, 5.41) is 0. The fraction of sp³-hybridized carbons (Fsp3) is 0.286. The smallest absolute Gasteiger partial charge is 0.331 e. The molecule has 0 amide bonds. The van der Waals surface area contributed by atoms with Gasteiger partial charge in [0, 0.05) is 22.7 Å². The number of carbonyl (C=O) groups is 1. The summed E-state index contributed by atoms with van der Waals surface area (Å²) in [7, 11) is 0. The summed E-state index contributed by atoms with van der Waals surface area (Å²) >= 11 is 1.57. The number of esters is 1. The molecule has 138 valence electrons. The van der Waals surface area contributed by atoms with Gasteiger partial charge in [-0.3, -0.25) is 9.20 Å². The maximum Gasteiger partial charge on any atom is 0.331 e. The van der Waals surface area contributed by atoms with Gasteiger partial charge in [-0.2, -0.15) is 0 Å². The molecule has 1 aromatic carbocycles. The van der Waals surface area contributed by atoms with E-state index in [9.17, 15) is 9.59 Å². The zero-order chi connectivity index (χ0) is 18.8. The van der Waals surface area contributed by atoms with Crippen LogP contribution in [0.5, 0.6) is 0 Å². The molecule has 0 N–H and O–H groups in total. The number of thiazole rings is 1. The molecule has 0 unspecified atom stereocenters. The van der Waals surface area contributed by atoms with E-state index in [1.165, 1.54) is 17.0 Å². The van der Waals surface area contributed by atoms with Gasteiger partial charge in [-0.15, -0.1) is 11.3 Å². The molecule has 5 nitrogen and oxygen atoms in total. The van der Waals surface area contributed by atoms with Crippen molar-refractivity contribution in [3.8, 4) is 0 Å². The Morgan fingerprint density at radius 2 is 2.11 bits per heavy atom. The highest BCUT2D eigenvalue weighted by molar-refractivity contribution is 7.17. The molecule has 0 fully saturated rings. The number of aromatic nitrogens is 2. The summed E-state index contributed by atoms with van der Waals surface area (Å²) in [6.07, 6.45) is 7.34. The first-order valence-electron chi connectivity index (χ1n) is 9.05. The van der Waals surface area contributed by atoms with E-state index in [0.29, 0.717) is 10.7 Å². The third-order valence-corrected chi connectivity index (χ3v) is 5.91. The Labute approximate surface area is 161 Å². The summed E-state index contributed by atoms with van der Waals surface area (Å²) in [6, 6.07) is 9.26. The maximum absolute atomic E-state index is 12.5. The highest BCUT2D eigenvalue weighted by atomic mass is 32.1. The molecular weight excluding hydrogens is 360 g/mol. The lowest BCUT2D eigenvalue weighted by Crippen LogP contribution is -2.18. The van der Waals surface area contributed by atoms with Crippen molar-refractivity contribution >= 4 is 28.3 Å². The number of hydrogen-bond donors (Lipinski definition) is 0. The van der Waals surface area contributed by atoms with Gasteiger partial charge >= 0.3 is 5.97 Å². The van der Waals surface area contributed by atoms with Crippen molar-refractivity contribution in [1.29, 1.82) is 0 Å². The van der Waals surface area contributed by atoms with Crippen LogP contribution in [0.1, 0.15) is 40.2 Å². The van der Waals surface area contributed by atoms with Crippen molar-refractivity contribution in [2.75, 3.05) is 0 Å². The van der Waals surface area contributed by atoms with Crippen LogP contribution in [0.2, 0.25) is 0 Å². The van der Waals surface area contributed by atoms with Crippen LogP contribution in [0.25, 0.3) is 11.0 Å². The molecule has 0 atom stereocenters. The minimum Gasteiger partial charge on any atom is -0.456 e. The van der Waals surface area contributed by atoms with Crippen molar-refractivity contribution < 1.29 is 9.53 Å². The van der Waals surface area contributed by atoms with Gasteiger partial charge in [-0.1, -0.05) is 24.3 Å². The molecule has 27 heavy (non-hydrogen) atoms. The Balaban J connectivity index is 1.48. The molecule has 0 bridgehead atoms. The molecule has 3 aromatic rings. The van der Waals surface area contributed by atoms with E-state index >= 15 is 0 Å². The molecule has 6 heteroatoms. The second-order valence-corrected chi connectivity index (χ2v) is 7.74. The SMILES string of the molecule is Cc1ccccc1/C=C/C(=O)OCc1cc(=O)n2c3c(sc2n1)CCCC3. The maximum atomic E-state index is 12.5. The lowest BCUT2D eigenvalue weighted by molar-refractivity contribution is -0.139. The van der Waals surface area contributed by atoms with Gasteiger partial charge in [0.2, 0.25) is 0 Å². The minimum atomic E-state index is -0.453. The van der Waals surface area contributed by atoms with Gasteiger partial charge in [0.05, 0.1) is 5.69 Å². The fourth-order valence-corrected chi connectivity index (χ4v) is 4.57. The average molecular weight is 380 g/mol. The number of nitrogens with zero attached hydrogens (tertiary/aromatic N) is 2. The second kappa shape index (κ2) is 7.48. The van der Waals surface area contributed by atoms with Crippen molar-refractivity contribution in [1.82, 2.24) is 9.38 Å². The lowest BCUT2D eigenvalue weighted by Gasteiger charge is -2.10. The second-order valence-electron chi connectivity index (χ2n) is 6.68. The van der Waals surface area contributed by atoms with E-state index in [0.717, 1.165) is 42.5 Å². The predicted octanol–water partition coefficient (Wildman–Crippen LogP) is 3.70. The van der Waals surface area contributed by atoms with Crippen LogP contribution in [0.15, 0.2) is 41.2 Å². The van der Waals surface area contributed by atoms with Crippen LogP contribution in [-0.2, 0) is 29.0 Å². The normalized spacial score (nSPS) is 13.8. The lowest BCUT2D eigenvalue weighted by atomic mass is 10.0. The number of hydrogen-bond acceptors (Lipinski definition) is 5. The Morgan fingerprint density at radius 3 is 2.96 bits per heavy atom. The summed E-state index contributed by atoms with van der Waals surface area (Å²) in [6.45, 7) is 1.98. The Morgan fingerprint density at radius 1 is 1.30 bits per heavy atom. The number of fused-ring (bicyclic) bond motifs is 3. The van der Waals surface area contributed by atoms with Gasteiger partial charge in [0.25, 0.3) is 5.56 Å². The van der Waals surface area contributed by atoms with Crippen LogP contribution in [-0.4, -0.2) is 15.4 Å².